The molecule has 110 valence electrons. The molecule has 0 aromatic heterocycles. The van der Waals surface area contributed by atoms with Gasteiger partial charge in [-0.3, -0.25) is 9.80 Å². The number of benzene rings is 1. The molecule has 0 amide bonds. The Morgan fingerprint density at radius 3 is 2.20 bits per heavy atom. The third kappa shape index (κ3) is 4.01. The molecule has 1 fully saturated rings. The molecule has 1 aromatic rings. The molecule has 1 saturated heterocycles. The van der Waals surface area contributed by atoms with Gasteiger partial charge in [-0.15, -0.1) is 0 Å². The predicted octanol–water partition coefficient (Wildman–Crippen LogP) is 2.10. The maximum Gasteiger partial charge on any atom is 0.0899 e. The van der Waals surface area contributed by atoms with Crippen molar-refractivity contribution in [3.05, 3.63) is 34.9 Å². The third-order valence-corrected chi connectivity index (χ3v) is 4.40. The Bertz CT molecular complexity index is 458. The van der Waals surface area contributed by atoms with E-state index in [0.29, 0.717) is 4.99 Å². The molecule has 20 heavy (non-hydrogen) atoms. The molecule has 1 aliphatic rings. The zero-order chi connectivity index (χ0) is 14.7. The molecule has 0 saturated carbocycles. The summed E-state index contributed by atoms with van der Waals surface area (Å²) in [6.07, 6.45) is 0. The first-order valence-corrected chi connectivity index (χ1v) is 7.69. The lowest BCUT2D eigenvalue weighted by molar-refractivity contribution is 0.118. The highest BCUT2D eigenvalue weighted by molar-refractivity contribution is 7.80. The van der Waals surface area contributed by atoms with Gasteiger partial charge in [0, 0.05) is 32.7 Å². The van der Waals surface area contributed by atoms with Crippen LogP contribution in [-0.4, -0.2) is 47.0 Å². The molecule has 1 aromatic carbocycles. The van der Waals surface area contributed by atoms with Crippen LogP contribution in [0.5, 0.6) is 0 Å². The SMILES string of the molecule is Cc1cc(C)cc(CN2CCN(C(C)C(N)=S)CC2)c1. The van der Waals surface area contributed by atoms with Crippen molar-refractivity contribution in [2.75, 3.05) is 26.2 Å². The molecule has 2 N–H and O–H groups in total. The first-order chi connectivity index (χ1) is 9.45. The number of nitrogens with zero attached hydrogens (tertiary/aromatic N) is 2. The highest BCUT2D eigenvalue weighted by atomic mass is 32.1. The maximum atomic E-state index is 5.73. The summed E-state index contributed by atoms with van der Waals surface area (Å²) in [5.41, 5.74) is 9.85. The Kier molecular flexibility index (Phi) is 5.13. The number of rotatable bonds is 4. The fraction of sp³-hybridized carbons (Fsp3) is 0.562. The molecule has 0 radical (unpaired) electrons. The van der Waals surface area contributed by atoms with E-state index in [-0.39, 0.29) is 6.04 Å². The molecule has 1 atom stereocenters. The van der Waals surface area contributed by atoms with Crippen LogP contribution in [-0.2, 0) is 6.54 Å². The number of hydrogen-bond donors (Lipinski definition) is 1. The molecule has 2 rings (SSSR count). The van der Waals surface area contributed by atoms with E-state index in [1.807, 2.05) is 0 Å². The second-order valence-corrected chi connectivity index (χ2v) is 6.36. The van der Waals surface area contributed by atoms with E-state index in [4.69, 9.17) is 18.0 Å². The molecule has 4 heteroatoms. The molecule has 1 unspecified atom stereocenters. The molecule has 0 bridgehead atoms. The minimum atomic E-state index is 0.216. The van der Waals surface area contributed by atoms with Crippen LogP contribution in [0.4, 0.5) is 0 Å². The fourth-order valence-corrected chi connectivity index (χ4v) is 3.06. The van der Waals surface area contributed by atoms with Crippen molar-refractivity contribution in [3.8, 4) is 0 Å². The lowest BCUT2D eigenvalue weighted by Gasteiger charge is -2.37. The van der Waals surface area contributed by atoms with Crippen molar-refractivity contribution < 1.29 is 0 Å². The number of nitrogens with two attached hydrogens (primary N) is 1. The normalized spacial score (nSPS) is 18.9. The Hall–Kier alpha value is -0.970. The van der Waals surface area contributed by atoms with Gasteiger partial charge in [-0.1, -0.05) is 41.5 Å². The van der Waals surface area contributed by atoms with Gasteiger partial charge >= 0.3 is 0 Å². The number of piperazine rings is 1. The summed E-state index contributed by atoms with van der Waals surface area (Å²) in [5.74, 6) is 0. The first-order valence-electron chi connectivity index (χ1n) is 7.28. The Balaban J connectivity index is 1.89. The minimum Gasteiger partial charge on any atom is -0.392 e. The van der Waals surface area contributed by atoms with E-state index in [0.717, 1.165) is 32.7 Å². The van der Waals surface area contributed by atoms with Gasteiger partial charge in [0.2, 0.25) is 0 Å². The molecule has 1 aliphatic heterocycles. The van der Waals surface area contributed by atoms with Gasteiger partial charge in [-0.2, -0.15) is 0 Å². The standard InChI is InChI=1S/C16H25N3S/c1-12-8-13(2)10-15(9-12)11-18-4-6-19(7-5-18)14(3)16(17)20/h8-10,14H,4-7,11H2,1-3H3,(H2,17,20). The van der Waals surface area contributed by atoms with Gasteiger partial charge in [-0.25, -0.2) is 0 Å². The van der Waals surface area contributed by atoms with Crippen molar-refractivity contribution in [1.29, 1.82) is 0 Å². The number of aryl methyl sites for hydroxylation is 2. The molecular weight excluding hydrogens is 266 g/mol. The molecular formula is C16H25N3S. The van der Waals surface area contributed by atoms with Gasteiger partial charge in [0.15, 0.2) is 0 Å². The van der Waals surface area contributed by atoms with Crippen LogP contribution in [0, 0.1) is 13.8 Å². The van der Waals surface area contributed by atoms with Gasteiger partial charge in [0.1, 0.15) is 0 Å². The van der Waals surface area contributed by atoms with Gasteiger partial charge < -0.3 is 5.73 Å². The smallest absolute Gasteiger partial charge is 0.0899 e. The second kappa shape index (κ2) is 6.66. The van der Waals surface area contributed by atoms with Gasteiger partial charge in [0.05, 0.1) is 11.0 Å². The van der Waals surface area contributed by atoms with Crippen molar-refractivity contribution in [2.45, 2.75) is 33.4 Å². The van der Waals surface area contributed by atoms with Gasteiger partial charge in [0.25, 0.3) is 0 Å². The summed E-state index contributed by atoms with van der Waals surface area (Å²) in [7, 11) is 0. The fourth-order valence-electron chi connectivity index (χ4n) is 2.91. The average Bonchev–Trinajstić information content (AvgIpc) is 2.37. The minimum absolute atomic E-state index is 0.216. The average molecular weight is 291 g/mol. The molecule has 1 heterocycles. The van der Waals surface area contributed by atoms with E-state index in [9.17, 15) is 0 Å². The van der Waals surface area contributed by atoms with E-state index >= 15 is 0 Å². The lowest BCUT2D eigenvalue weighted by atomic mass is 10.1. The quantitative estimate of drug-likeness (QED) is 0.861. The van der Waals surface area contributed by atoms with Crippen LogP contribution in [0.1, 0.15) is 23.6 Å². The van der Waals surface area contributed by atoms with Crippen molar-refractivity contribution in [3.63, 3.8) is 0 Å². The summed E-state index contributed by atoms with van der Waals surface area (Å²) in [6.45, 7) is 11.7. The topological polar surface area (TPSA) is 32.5 Å². The van der Waals surface area contributed by atoms with Crippen molar-refractivity contribution >= 4 is 17.2 Å². The largest absolute Gasteiger partial charge is 0.392 e. The second-order valence-electron chi connectivity index (χ2n) is 5.89. The Morgan fingerprint density at radius 1 is 1.15 bits per heavy atom. The molecule has 0 spiro atoms. The van der Waals surface area contributed by atoms with E-state index in [2.05, 4.69) is 48.8 Å². The summed E-state index contributed by atoms with van der Waals surface area (Å²) >= 11 is 5.08. The summed E-state index contributed by atoms with van der Waals surface area (Å²) in [6, 6.07) is 7.02. The Labute approximate surface area is 127 Å². The van der Waals surface area contributed by atoms with Crippen molar-refractivity contribution in [2.24, 2.45) is 5.73 Å². The van der Waals surface area contributed by atoms with E-state index < -0.39 is 0 Å². The summed E-state index contributed by atoms with van der Waals surface area (Å²) in [4.78, 5) is 5.49. The number of hydrogen-bond acceptors (Lipinski definition) is 3. The van der Waals surface area contributed by atoms with Crippen LogP contribution in [0.3, 0.4) is 0 Å². The van der Waals surface area contributed by atoms with E-state index in [1.54, 1.807) is 0 Å². The predicted molar refractivity (Wildman–Crippen MR) is 89.0 cm³/mol. The zero-order valence-electron chi connectivity index (χ0n) is 12.7. The highest BCUT2D eigenvalue weighted by Gasteiger charge is 2.22. The molecule has 0 aliphatic carbocycles. The van der Waals surface area contributed by atoms with Crippen LogP contribution < -0.4 is 5.73 Å². The first kappa shape index (κ1) is 15.4. The maximum absolute atomic E-state index is 5.73. The molecule has 3 nitrogen and oxygen atoms in total. The summed E-state index contributed by atoms with van der Waals surface area (Å²) in [5, 5.41) is 0. The van der Waals surface area contributed by atoms with Crippen LogP contribution in [0.25, 0.3) is 0 Å². The van der Waals surface area contributed by atoms with Crippen LogP contribution in [0.2, 0.25) is 0 Å². The van der Waals surface area contributed by atoms with Gasteiger partial charge in [-0.05, 0) is 26.3 Å². The van der Waals surface area contributed by atoms with Crippen LogP contribution in [0.15, 0.2) is 18.2 Å². The highest BCUT2D eigenvalue weighted by Crippen LogP contribution is 2.14. The number of thiocarbonyl (C=S) groups is 1. The zero-order valence-corrected chi connectivity index (χ0v) is 13.5. The van der Waals surface area contributed by atoms with Crippen LogP contribution >= 0.6 is 12.2 Å². The monoisotopic (exact) mass is 291 g/mol. The third-order valence-electron chi connectivity index (χ3n) is 4.05. The lowest BCUT2D eigenvalue weighted by Crippen LogP contribution is -2.52. The Morgan fingerprint density at radius 2 is 1.70 bits per heavy atom. The summed E-state index contributed by atoms with van der Waals surface area (Å²) < 4.78 is 0. The van der Waals surface area contributed by atoms with Crippen molar-refractivity contribution in [1.82, 2.24) is 9.80 Å². The van der Waals surface area contributed by atoms with E-state index in [1.165, 1.54) is 16.7 Å².